The van der Waals surface area contributed by atoms with E-state index in [9.17, 15) is 43.1 Å². The number of carbonyl (C=O) groups is 6. The lowest BCUT2D eigenvalue weighted by Crippen LogP contribution is -2.59. The number of rotatable bonds is 52. The summed E-state index contributed by atoms with van der Waals surface area (Å²) in [5.74, 6) is -5.40. The number of nitrogens with one attached hydrogen (secondary N) is 4. The van der Waals surface area contributed by atoms with Crippen LogP contribution >= 0.6 is 7.60 Å². The molecule has 83 heavy (non-hydrogen) atoms. The van der Waals surface area contributed by atoms with Crippen molar-refractivity contribution in [2.45, 2.75) is 136 Å². The Morgan fingerprint density at radius 2 is 1.18 bits per heavy atom. The van der Waals surface area contributed by atoms with Gasteiger partial charge in [0.1, 0.15) is 24.2 Å². The van der Waals surface area contributed by atoms with Gasteiger partial charge in [-0.05, 0) is 56.4 Å². The number of hydrogen-bond donors (Lipinski definition) is 7. The third kappa shape index (κ3) is 36.5. The Hall–Kier alpha value is -4.92. The molecule has 0 saturated heterocycles. The van der Waals surface area contributed by atoms with Crippen LogP contribution in [0, 0.1) is 11.8 Å². The van der Waals surface area contributed by atoms with E-state index in [2.05, 4.69) is 50.5 Å². The van der Waals surface area contributed by atoms with E-state index in [4.69, 9.17) is 43.6 Å². The minimum absolute atomic E-state index is 0.00482. The molecule has 5 atom stereocenters. The van der Waals surface area contributed by atoms with Crippen LogP contribution in [0.25, 0.3) is 0 Å². The second-order valence-corrected chi connectivity index (χ2v) is 22.4. The quantitative estimate of drug-likeness (QED) is 0.0370. The highest BCUT2D eigenvalue weighted by atomic mass is 31.2. The summed E-state index contributed by atoms with van der Waals surface area (Å²) in [4.78, 5) is 106. The van der Waals surface area contributed by atoms with Gasteiger partial charge in [-0.3, -0.25) is 33.3 Å². The summed E-state index contributed by atoms with van der Waals surface area (Å²) in [5.41, 5.74) is 7.45. The van der Waals surface area contributed by atoms with E-state index >= 15 is 0 Å². The third-order valence-electron chi connectivity index (χ3n) is 12.9. The first-order valence-electron chi connectivity index (χ1n) is 29.2. The van der Waals surface area contributed by atoms with E-state index in [1.165, 1.54) is 24.3 Å². The zero-order chi connectivity index (χ0) is 61.1. The van der Waals surface area contributed by atoms with Gasteiger partial charge in [-0.25, -0.2) is 4.98 Å². The molecule has 0 aliphatic rings. The normalized spacial score (nSPS) is 13.5. The highest BCUT2D eigenvalue weighted by Gasteiger charge is 2.34. The van der Waals surface area contributed by atoms with Crippen molar-refractivity contribution in [1.82, 2.24) is 35.7 Å². The monoisotopic (exact) mass is 1200 g/mol. The van der Waals surface area contributed by atoms with E-state index in [1.807, 2.05) is 31.4 Å². The first kappa shape index (κ1) is 74.2. The molecule has 25 nitrogen and oxygen atoms in total. The van der Waals surface area contributed by atoms with Gasteiger partial charge in [-0.2, -0.15) is 0 Å². The van der Waals surface area contributed by atoms with Gasteiger partial charge in [0.25, 0.3) is 0 Å². The van der Waals surface area contributed by atoms with E-state index in [1.54, 1.807) is 19.6 Å². The fourth-order valence-corrected chi connectivity index (χ4v) is 9.53. The van der Waals surface area contributed by atoms with Crippen LogP contribution in [0.2, 0.25) is 0 Å². The van der Waals surface area contributed by atoms with Crippen LogP contribution in [0.15, 0.2) is 42.9 Å². The Labute approximate surface area is 491 Å². The number of benzene rings is 1. The van der Waals surface area contributed by atoms with Crippen LogP contribution in [0.5, 0.6) is 0 Å². The molecule has 6 amide bonds. The number of primary amides is 1. The molecule has 0 radical (unpaired) electrons. The van der Waals surface area contributed by atoms with Crippen molar-refractivity contribution in [2.24, 2.45) is 17.6 Å². The lowest BCUT2D eigenvalue weighted by Gasteiger charge is -2.27. The summed E-state index contributed by atoms with van der Waals surface area (Å²) in [6.07, 6.45) is 10.4. The van der Waals surface area contributed by atoms with Crippen molar-refractivity contribution >= 4 is 43.0 Å². The fourth-order valence-electron chi connectivity index (χ4n) is 8.56. The van der Waals surface area contributed by atoms with Crippen LogP contribution < -0.4 is 27.0 Å². The van der Waals surface area contributed by atoms with E-state index in [0.717, 1.165) is 44.9 Å². The number of amides is 6. The van der Waals surface area contributed by atoms with Gasteiger partial charge in [-0.1, -0.05) is 83.7 Å². The number of ether oxygens (including phenoxy) is 8. The minimum Gasteiger partial charge on any atom is -0.382 e. The summed E-state index contributed by atoms with van der Waals surface area (Å²) < 4.78 is 57.0. The molecule has 0 bridgehead atoms. The number of methoxy groups -OCH3 is 1. The minimum atomic E-state index is -4.59. The maximum Gasteiger partial charge on any atom is 0.325 e. The molecule has 2 aromatic rings. The van der Waals surface area contributed by atoms with E-state index in [-0.39, 0.29) is 64.0 Å². The molecule has 0 aliphatic heterocycles. The summed E-state index contributed by atoms with van der Waals surface area (Å²) in [7, 11) is -2.96. The molecule has 1 heterocycles. The molecule has 26 heteroatoms. The molecule has 0 saturated carbocycles. The molecule has 1 aromatic carbocycles. The Morgan fingerprint density at radius 3 is 1.70 bits per heavy atom. The molecule has 0 unspecified atom stereocenters. The predicted octanol–water partition coefficient (Wildman–Crippen LogP) is 2.70. The Kier molecular flexibility index (Phi) is 40.6. The van der Waals surface area contributed by atoms with Crippen molar-refractivity contribution in [2.75, 3.05) is 125 Å². The van der Waals surface area contributed by atoms with Crippen molar-refractivity contribution < 1.29 is 81.0 Å². The Morgan fingerprint density at radius 1 is 0.663 bits per heavy atom. The van der Waals surface area contributed by atoms with Gasteiger partial charge in [-0.15, -0.1) is 0 Å². The molecule has 0 aliphatic carbocycles. The largest absolute Gasteiger partial charge is 0.382 e. The van der Waals surface area contributed by atoms with Crippen molar-refractivity contribution in [1.29, 1.82) is 0 Å². The van der Waals surface area contributed by atoms with Crippen molar-refractivity contribution in [3.8, 4) is 0 Å². The summed E-state index contributed by atoms with van der Waals surface area (Å²) >= 11 is 0. The fraction of sp³-hybridized carbons (Fsp3) is 0.737. The van der Waals surface area contributed by atoms with Crippen LogP contribution in [-0.2, 0) is 90.6 Å². The summed E-state index contributed by atoms with van der Waals surface area (Å²) in [5, 5.41) is 10.6. The van der Waals surface area contributed by atoms with Crippen molar-refractivity contribution in [3.05, 3.63) is 54.1 Å². The zero-order valence-electron chi connectivity index (χ0n) is 50.1. The number of imidazole rings is 1. The first-order chi connectivity index (χ1) is 39.8. The smallest absolute Gasteiger partial charge is 0.325 e. The van der Waals surface area contributed by atoms with E-state index in [0.29, 0.717) is 97.9 Å². The number of nitrogens with zero attached hydrogens (tertiary/aromatic N) is 3. The first-order valence-corrected chi connectivity index (χ1v) is 31.0. The maximum absolute atomic E-state index is 14.3. The van der Waals surface area contributed by atoms with Crippen LogP contribution in [0.3, 0.4) is 0 Å². The molecule has 0 spiro atoms. The van der Waals surface area contributed by atoms with Gasteiger partial charge in [0.15, 0.2) is 0 Å². The number of hydrogen-bond acceptors (Lipinski definition) is 16. The second-order valence-electron chi connectivity index (χ2n) is 20.7. The summed E-state index contributed by atoms with van der Waals surface area (Å²) in [6.45, 7) is 14.9. The Bertz CT molecular complexity index is 2140. The molecule has 1 aromatic heterocycles. The topological polar surface area (TPSA) is 329 Å². The Balaban J connectivity index is 1.94. The second kappa shape index (κ2) is 45.4. The van der Waals surface area contributed by atoms with Gasteiger partial charge >= 0.3 is 7.60 Å². The number of aromatic nitrogens is 2. The van der Waals surface area contributed by atoms with Gasteiger partial charge in [0, 0.05) is 38.5 Å². The lowest BCUT2D eigenvalue weighted by atomic mass is 10.0. The number of aryl methyl sites for hydroxylation is 2. The number of unbranched alkanes of at least 4 members (excludes halogenated alkanes) is 5. The zero-order valence-corrected chi connectivity index (χ0v) is 51.0. The van der Waals surface area contributed by atoms with Gasteiger partial charge in [0.2, 0.25) is 35.4 Å². The maximum atomic E-state index is 14.3. The highest BCUT2D eigenvalue weighted by molar-refractivity contribution is 7.51. The molecule has 8 N–H and O–H groups in total. The number of nitrogens with two attached hydrogens (primary N) is 1. The molecule has 474 valence electrons. The van der Waals surface area contributed by atoms with Crippen molar-refractivity contribution in [3.63, 3.8) is 0 Å². The molecule has 0 fully saturated rings. The van der Waals surface area contributed by atoms with Crippen LogP contribution in [-0.4, -0.2) is 209 Å². The molecule has 2 rings (SSSR count). The highest BCUT2D eigenvalue weighted by Crippen LogP contribution is 2.37. The molecular weight excluding hydrogens is 1100 g/mol. The van der Waals surface area contributed by atoms with Crippen LogP contribution in [0.1, 0.15) is 104 Å². The predicted molar refractivity (Wildman–Crippen MR) is 311 cm³/mol. The average Bonchev–Trinajstić information content (AvgIpc) is 4.14. The average molecular weight is 1200 g/mol. The SMILES string of the molecule is CCCN(CC(=O)N[C@@H](CC(C)C)C(=O)N[C@@H](Cc1cncn1CCCCCCCCc1ccccc1)C(=O)N[C@@H](C)C(=O)N[C@@H](C(N)=O)[C@@H](C)CP(=O)(O)O)C(=O)CCOCCOCCOCCOCCOCCOCCOCCOC. The standard InChI is InChI=1S/C57H99N8O17P/c1-7-21-64(52(67)20-23-76-26-27-78-30-31-80-34-35-82-37-36-81-33-32-79-29-28-77-25-24-75-6)41-51(66)61-49(38-44(2)3)57(71)62-50(56(70)60-46(5)55(69)63-53(54(58)68)45(4)42-83(72,73)74)39-48-40-59-43-65(48)22-16-11-9-8-10-13-17-47-18-14-12-15-19-47/h12,14-15,18-19,40,43-46,49-50,53H,7-11,13,16-17,20-39,41-42H2,1-6H3,(H2,58,68)(H,60,70)(H,61,66)(H,62,71)(H,63,69)(H2,72,73,74)/t45-,46-,49-,50-,53+/m0/s1. The summed E-state index contributed by atoms with van der Waals surface area (Å²) in [6, 6.07) is 5.19. The molecular formula is C57H99N8O17P. The lowest BCUT2D eigenvalue weighted by molar-refractivity contribution is -0.138. The van der Waals surface area contributed by atoms with E-state index < -0.39 is 73.4 Å². The third-order valence-corrected chi connectivity index (χ3v) is 14.0. The van der Waals surface area contributed by atoms with Gasteiger partial charge in [0.05, 0.1) is 125 Å². The van der Waals surface area contributed by atoms with Crippen LogP contribution in [0.4, 0.5) is 0 Å². The van der Waals surface area contributed by atoms with Gasteiger partial charge < -0.3 is 84.1 Å². The number of carbonyl (C=O) groups excluding carboxylic acids is 6.